The van der Waals surface area contributed by atoms with Crippen LogP contribution in [0.5, 0.6) is 0 Å². The van der Waals surface area contributed by atoms with Gasteiger partial charge in [0.1, 0.15) is 0 Å². The number of hydrazine groups is 1. The van der Waals surface area contributed by atoms with E-state index in [2.05, 4.69) is 24.3 Å². The summed E-state index contributed by atoms with van der Waals surface area (Å²) < 4.78 is 5.40. The summed E-state index contributed by atoms with van der Waals surface area (Å²) in [6.45, 7) is 4.12. The van der Waals surface area contributed by atoms with Crippen molar-refractivity contribution < 1.29 is 4.74 Å². The Bertz CT molecular complexity index is 300. The molecule has 0 spiro atoms. The minimum Gasteiger partial charge on any atom is -0.379 e. The number of nitrogens with zero attached hydrogens (tertiary/aromatic N) is 1. The molecule has 1 aromatic rings. The van der Waals surface area contributed by atoms with E-state index in [1.165, 1.54) is 5.56 Å². The van der Waals surface area contributed by atoms with Gasteiger partial charge in [0.2, 0.25) is 0 Å². The first-order chi connectivity index (χ1) is 7.57. The van der Waals surface area contributed by atoms with E-state index >= 15 is 0 Å². The molecule has 1 aromatic heterocycles. The predicted octanol–water partition coefficient (Wildman–Crippen LogP) is 1.27. The van der Waals surface area contributed by atoms with Gasteiger partial charge in [-0.25, -0.2) is 0 Å². The smallest absolute Gasteiger partial charge is 0.0638 e. The number of ether oxygens (including phenoxy) is 1. The van der Waals surface area contributed by atoms with E-state index in [9.17, 15) is 0 Å². The van der Waals surface area contributed by atoms with Gasteiger partial charge in [-0.1, -0.05) is 0 Å². The molecule has 1 unspecified atom stereocenters. The third kappa shape index (κ3) is 4.26. The average Bonchev–Trinajstić information content (AvgIpc) is 2.29. The molecule has 1 heterocycles. The zero-order valence-electron chi connectivity index (χ0n) is 10.2. The molecule has 4 nitrogen and oxygen atoms in total. The Morgan fingerprint density at radius 1 is 1.44 bits per heavy atom. The Labute approximate surface area is 97.2 Å². The molecule has 0 saturated heterocycles. The molecule has 90 valence electrons. The molecular formula is C12H21N3O. The Balaban J connectivity index is 2.56. The van der Waals surface area contributed by atoms with Gasteiger partial charge in [-0.05, 0) is 44.4 Å². The quantitative estimate of drug-likeness (QED) is 0.563. The van der Waals surface area contributed by atoms with Crippen LogP contribution in [0.4, 0.5) is 0 Å². The van der Waals surface area contributed by atoms with Gasteiger partial charge in [0.15, 0.2) is 0 Å². The van der Waals surface area contributed by atoms with Crippen molar-refractivity contribution in [1.29, 1.82) is 0 Å². The summed E-state index contributed by atoms with van der Waals surface area (Å²) in [5.41, 5.74) is 3.90. The molecule has 0 aliphatic heterocycles. The Morgan fingerprint density at radius 3 is 2.56 bits per heavy atom. The van der Waals surface area contributed by atoms with E-state index < -0.39 is 0 Å². The maximum absolute atomic E-state index is 5.56. The maximum Gasteiger partial charge on any atom is 0.0638 e. The molecule has 4 heteroatoms. The van der Waals surface area contributed by atoms with Gasteiger partial charge in [-0.2, -0.15) is 0 Å². The van der Waals surface area contributed by atoms with Crippen molar-refractivity contribution in [3.63, 3.8) is 0 Å². The number of nitrogens with one attached hydrogen (secondary N) is 1. The van der Waals surface area contributed by atoms with Gasteiger partial charge < -0.3 is 4.74 Å². The molecule has 0 aromatic carbocycles. The summed E-state index contributed by atoms with van der Waals surface area (Å²) in [6.07, 6.45) is 5.34. The number of hydrogen-bond donors (Lipinski definition) is 2. The van der Waals surface area contributed by atoms with E-state index in [4.69, 9.17) is 10.6 Å². The van der Waals surface area contributed by atoms with E-state index in [-0.39, 0.29) is 11.6 Å². The van der Waals surface area contributed by atoms with Crippen LogP contribution in [0.25, 0.3) is 0 Å². The molecule has 0 aliphatic carbocycles. The predicted molar refractivity (Wildman–Crippen MR) is 64.8 cm³/mol. The van der Waals surface area contributed by atoms with E-state index in [0.717, 1.165) is 12.8 Å². The minimum atomic E-state index is -0.163. The first kappa shape index (κ1) is 13.1. The van der Waals surface area contributed by atoms with E-state index in [1.54, 1.807) is 19.5 Å². The lowest BCUT2D eigenvalue weighted by Gasteiger charge is -2.28. The summed E-state index contributed by atoms with van der Waals surface area (Å²) in [7, 11) is 1.72. The normalized spacial score (nSPS) is 13.8. The van der Waals surface area contributed by atoms with Crippen molar-refractivity contribution in [2.75, 3.05) is 7.11 Å². The van der Waals surface area contributed by atoms with E-state index in [1.807, 2.05) is 12.1 Å². The fourth-order valence-corrected chi connectivity index (χ4v) is 1.67. The number of pyridine rings is 1. The lowest BCUT2D eigenvalue weighted by atomic mass is 9.95. The monoisotopic (exact) mass is 223 g/mol. The van der Waals surface area contributed by atoms with Crippen molar-refractivity contribution >= 4 is 0 Å². The van der Waals surface area contributed by atoms with Crippen LogP contribution in [-0.2, 0) is 11.2 Å². The topological polar surface area (TPSA) is 60.2 Å². The molecule has 0 amide bonds. The van der Waals surface area contributed by atoms with Crippen LogP contribution in [-0.4, -0.2) is 23.7 Å². The highest BCUT2D eigenvalue weighted by Crippen LogP contribution is 2.17. The molecular weight excluding hydrogens is 202 g/mol. The molecule has 0 bridgehead atoms. The highest BCUT2D eigenvalue weighted by atomic mass is 16.5. The molecule has 0 fully saturated rings. The molecule has 16 heavy (non-hydrogen) atoms. The fourth-order valence-electron chi connectivity index (χ4n) is 1.67. The van der Waals surface area contributed by atoms with Gasteiger partial charge in [0.25, 0.3) is 0 Å². The Kier molecular flexibility index (Phi) is 4.86. The van der Waals surface area contributed by atoms with Crippen molar-refractivity contribution in [2.24, 2.45) is 5.84 Å². The zero-order valence-corrected chi connectivity index (χ0v) is 10.2. The molecule has 0 saturated carbocycles. The van der Waals surface area contributed by atoms with Crippen LogP contribution < -0.4 is 11.3 Å². The number of methoxy groups -OCH3 is 1. The highest BCUT2D eigenvalue weighted by molar-refractivity contribution is 5.11. The summed E-state index contributed by atoms with van der Waals surface area (Å²) in [6, 6.07) is 4.21. The van der Waals surface area contributed by atoms with Gasteiger partial charge in [0, 0.05) is 25.5 Å². The summed E-state index contributed by atoms with van der Waals surface area (Å²) in [4.78, 5) is 3.99. The molecule has 1 rings (SSSR count). The van der Waals surface area contributed by atoms with Gasteiger partial charge in [0.05, 0.1) is 5.60 Å². The SMILES string of the molecule is COC(C)(C)CC(Cc1ccncc1)NN. The van der Waals surface area contributed by atoms with Gasteiger partial charge in [-0.15, -0.1) is 0 Å². The van der Waals surface area contributed by atoms with Crippen LogP contribution in [0.15, 0.2) is 24.5 Å². The van der Waals surface area contributed by atoms with Crippen molar-refractivity contribution in [3.8, 4) is 0 Å². The van der Waals surface area contributed by atoms with Crippen molar-refractivity contribution in [1.82, 2.24) is 10.4 Å². The number of rotatable bonds is 6. The summed E-state index contributed by atoms with van der Waals surface area (Å²) in [5, 5.41) is 0. The number of aromatic nitrogens is 1. The molecule has 0 aliphatic rings. The number of nitrogens with two attached hydrogens (primary N) is 1. The Morgan fingerprint density at radius 2 is 2.06 bits per heavy atom. The molecule has 3 N–H and O–H groups in total. The summed E-state index contributed by atoms with van der Waals surface area (Å²) >= 11 is 0. The fraction of sp³-hybridized carbons (Fsp3) is 0.583. The van der Waals surface area contributed by atoms with Crippen molar-refractivity contribution in [2.45, 2.75) is 38.3 Å². The number of hydrogen-bond acceptors (Lipinski definition) is 4. The van der Waals surface area contributed by atoms with E-state index in [0.29, 0.717) is 0 Å². The van der Waals surface area contributed by atoms with Crippen LogP contribution >= 0.6 is 0 Å². The third-order valence-electron chi connectivity index (χ3n) is 2.76. The largest absolute Gasteiger partial charge is 0.379 e. The summed E-state index contributed by atoms with van der Waals surface area (Å²) in [5.74, 6) is 5.56. The van der Waals surface area contributed by atoms with Crippen molar-refractivity contribution in [3.05, 3.63) is 30.1 Å². The minimum absolute atomic E-state index is 0.163. The average molecular weight is 223 g/mol. The standard InChI is InChI=1S/C12H21N3O/c1-12(2,16-3)9-11(15-13)8-10-4-6-14-7-5-10/h4-7,11,15H,8-9,13H2,1-3H3. The second-order valence-corrected chi connectivity index (χ2v) is 4.59. The van der Waals surface area contributed by atoms with Gasteiger partial charge in [-0.3, -0.25) is 16.3 Å². The zero-order chi connectivity index (χ0) is 12.0. The van der Waals surface area contributed by atoms with Crippen LogP contribution in [0.2, 0.25) is 0 Å². The second kappa shape index (κ2) is 5.94. The van der Waals surface area contributed by atoms with Crippen LogP contribution in [0.3, 0.4) is 0 Å². The first-order valence-corrected chi connectivity index (χ1v) is 5.47. The first-order valence-electron chi connectivity index (χ1n) is 5.47. The van der Waals surface area contributed by atoms with Gasteiger partial charge >= 0.3 is 0 Å². The molecule has 1 atom stereocenters. The highest BCUT2D eigenvalue weighted by Gasteiger charge is 2.22. The third-order valence-corrected chi connectivity index (χ3v) is 2.76. The van der Waals surface area contributed by atoms with Crippen LogP contribution in [0, 0.1) is 0 Å². The van der Waals surface area contributed by atoms with Crippen LogP contribution in [0.1, 0.15) is 25.8 Å². The Hall–Kier alpha value is -0.970. The lowest BCUT2D eigenvalue weighted by molar-refractivity contribution is 0.00711. The molecule has 0 radical (unpaired) electrons. The lowest BCUT2D eigenvalue weighted by Crippen LogP contribution is -2.42. The maximum atomic E-state index is 5.56. The second-order valence-electron chi connectivity index (χ2n) is 4.59.